The van der Waals surface area contributed by atoms with Crippen molar-refractivity contribution in [3.63, 3.8) is 0 Å². The van der Waals surface area contributed by atoms with Gasteiger partial charge in [-0.25, -0.2) is 0 Å². The number of carbonyl (C=O) groups excluding carboxylic acids is 4. The lowest BCUT2D eigenvalue weighted by Gasteiger charge is -2.34. The van der Waals surface area contributed by atoms with Gasteiger partial charge in [0.05, 0.1) is 0 Å². The lowest BCUT2D eigenvalue weighted by molar-refractivity contribution is -0.141. The van der Waals surface area contributed by atoms with Crippen LogP contribution in [0.2, 0.25) is 0 Å². The van der Waals surface area contributed by atoms with Crippen molar-refractivity contribution in [3.05, 3.63) is 46.9 Å². The number of fused-ring (bicyclic) bond motifs is 1. The number of carbonyl (C=O) groups is 4. The first kappa shape index (κ1) is 39.1. The van der Waals surface area contributed by atoms with Crippen LogP contribution in [-0.2, 0) is 14.4 Å². The third-order valence-electron chi connectivity index (χ3n) is 6.55. The molecule has 0 saturated carbocycles. The number of unbranched alkanes of at least 4 members (excludes halogenated alkanes) is 2. The summed E-state index contributed by atoms with van der Waals surface area (Å²) in [5, 5.41) is 3.47. The molecule has 6 heteroatoms. The molecule has 1 aromatic carbocycles. The normalized spacial score (nSPS) is 16.9. The summed E-state index contributed by atoms with van der Waals surface area (Å²) in [6, 6.07) is 4.18. The predicted molar refractivity (Wildman–Crippen MR) is 169 cm³/mol. The van der Waals surface area contributed by atoms with Gasteiger partial charge in [-0.1, -0.05) is 132 Å². The minimum atomic E-state index is -0.986. The van der Waals surface area contributed by atoms with Crippen LogP contribution in [0.5, 0.6) is 0 Å². The Morgan fingerprint density at radius 2 is 1.57 bits per heavy atom. The summed E-state index contributed by atoms with van der Waals surface area (Å²) in [5.74, 6) is -1.16. The quantitative estimate of drug-likeness (QED) is 0.379. The summed E-state index contributed by atoms with van der Waals surface area (Å²) in [7, 11) is 0. The number of nitrogens with one attached hydrogen (secondary N) is 1. The van der Waals surface area contributed by atoms with Crippen LogP contribution in [0.3, 0.4) is 0 Å². The molecule has 1 fully saturated rings. The second-order valence-corrected chi connectivity index (χ2v) is 9.28. The average molecular weight is 557 g/mol. The molecule has 0 spiro atoms. The molecule has 3 rings (SSSR count). The van der Waals surface area contributed by atoms with Gasteiger partial charge in [-0.2, -0.15) is 0 Å². The average Bonchev–Trinajstić information content (AvgIpc) is 2.99. The Labute approximate surface area is 244 Å². The van der Waals surface area contributed by atoms with Crippen LogP contribution in [-0.4, -0.2) is 34.6 Å². The molecule has 40 heavy (non-hydrogen) atoms. The highest BCUT2D eigenvalue weighted by Crippen LogP contribution is 2.21. The topological polar surface area (TPSA) is 83.6 Å². The number of nitrogens with zero attached hydrogens (tertiary/aromatic N) is 1. The zero-order valence-electron chi connectivity index (χ0n) is 27.0. The molecule has 0 aromatic heterocycles. The number of piperidine rings is 1. The standard InChI is InChI=1S/C18H16N2O4.C8H18.C4H10.2C2H6/c1-3-10-6-5-7-12-15(10)11(4-2)17(23)20(18(12)24)13-8-9-14(21)19-16(13)22;1-4-6-7-8(3)5-2;1-3-4-2;2*1-2/h3-7,13H,2,8-9H2,1H3,(H,19,21,22);8H,4-7H2,1-3H3;3-4H2,1-2H3;2*1-2H3/b10-3-;;;;/t;8-;;;/m.1.../s1. The molecule has 1 unspecified atom stereocenters. The Morgan fingerprint density at radius 1 is 0.975 bits per heavy atom. The molecule has 0 aliphatic carbocycles. The highest BCUT2D eigenvalue weighted by molar-refractivity contribution is 6.28. The largest absolute Gasteiger partial charge is 0.295 e. The number of hydrogen-bond donors (Lipinski definition) is 1. The smallest absolute Gasteiger partial charge is 0.262 e. The monoisotopic (exact) mass is 556 g/mol. The molecule has 2 atom stereocenters. The Kier molecular flexibility index (Phi) is 22.3. The van der Waals surface area contributed by atoms with Crippen molar-refractivity contribution in [2.45, 2.75) is 127 Å². The second-order valence-electron chi connectivity index (χ2n) is 9.28. The number of imide groups is 2. The summed E-state index contributed by atoms with van der Waals surface area (Å²) in [4.78, 5) is 50.1. The fraction of sp³-hybridized carbons (Fsp3) is 0.588. The van der Waals surface area contributed by atoms with Gasteiger partial charge in [-0.05, 0) is 30.5 Å². The fourth-order valence-electron chi connectivity index (χ4n) is 3.91. The summed E-state index contributed by atoms with van der Waals surface area (Å²) < 4.78 is 0. The van der Waals surface area contributed by atoms with Crippen molar-refractivity contribution in [2.75, 3.05) is 0 Å². The molecule has 226 valence electrons. The van der Waals surface area contributed by atoms with Gasteiger partial charge in [0.2, 0.25) is 11.8 Å². The van der Waals surface area contributed by atoms with Crippen LogP contribution in [0, 0.1) is 5.92 Å². The lowest BCUT2D eigenvalue weighted by atomic mass is 9.94. The fourth-order valence-corrected chi connectivity index (χ4v) is 3.91. The Bertz CT molecular complexity index is 1060. The maximum atomic E-state index is 12.9. The van der Waals surface area contributed by atoms with E-state index in [-0.39, 0.29) is 18.4 Å². The lowest BCUT2D eigenvalue weighted by Crippen LogP contribution is -2.59. The van der Waals surface area contributed by atoms with E-state index in [2.05, 4.69) is 46.5 Å². The highest BCUT2D eigenvalue weighted by Gasteiger charge is 2.41. The molecular weight excluding hydrogens is 500 g/mol. The van der Waals surface area contributed by atoms with Gasteiger partial charge in [0.15, 0.2) is 0 Å². The van der Waals surface area contributed by atoms with E-state index in [1.165, 1.54) is 44.6 Å². The first-order valence-electron chi connectivity index (χ1n) is 15.4. The van der Waals surface area contributed by atoms with Crippen LogP contribution < -0.4 is 15.8 Å². The third kappa shape index (κ3) is 11.6. The van der Waals surface area contributed by atoms with Crippen LogP contribution in [0.25, 0.3) is 11.6 Å². The van der Waals surface area contributed by atoms with Crippen LogP contribution in [0.15, 0.2) is 30.9 Å². The number of benzene rings is 1. The second kappa shape index (κ2) is 22.8. The SMILES string of the molecule is C=CC1=c2c(ccc/c2=C/C)C(=O)N(C2CCC(=O)NC2=O)C1=O.CC.CC.CCCC.CCCC[C@H](C)CC. The van der Waals surface area contributed by atoms with E-state index in [4.69, 9.17) is 0 Å². The van der Waals surface area contributed by atoms with E-state index in [9.17, 15) is 19.2 Å². The van der Waals surface area contributed by atoms with Gasteiger partial charge >= 0.3 is 0 Å². The maximum absolute atomic E-state index is 12.9. The van der Waals surface area contributed by atoms with Gasteiger partial charge in [0, 0.05) is 22.8 Å². The van der Waals surface area contributed by atoms with Crippen LogP contribution in [0.4, 0.5) is 0 Å². The molecule has 2 aliphatic rings. The van der Waals surface area contributed by atoms with E-state index in [0.717, 1.165) is 16.0 Å². The van der Waals surface area contributed by atoms with Crippen molar-refractivity contribution in [3.8, 4) is 0 Å². The number of amides is 4. The van der Waals surface area contributed by atoms with E-state index in [0.29, 0.717) is 10.8 Å². The zero-order chi connectivity index (χ0) is 31.3. The summed E-state index contributed by atoms with van der Waals surface area (Å²) in [6.07, 6.45) is 11.6. The molecule has 2 aliphatic heterocycles. The van der Waals surface area contributed by atoms with Crippen molar-refractivity contribution in [2.24, 2.45) is 5.92 Å². The van der Waals surface area contributed by atoms with Crippen molar-refractivity contribution in [1.29, 1.82) is 0 Å². The molecular formula is C34H56N2O4. The Morgan fingerprint density at radius 3 is 2.02 bits per heavy atom. The van der Waals surface area contributed by atoms with Gasteiger partial charge < -0.3 is 0 Å². The third-order valence-corrected chi connectivity index (χ3v) is 6.55. The first-order valence-corrected chi connectivity index (χ1v) is 15.4. The van der Waals surface area contributed by atoms with E-state index in [1.54, 1.807) is 12.1 Å². The van der Waals surface area contributed by atoms with E-state index >= 15 is 0 Å². The number of rotatable bonds is 7. The van der Waals surface area contributed by atoms with E-state index < -0.39 is 29.7 Å². The van der Waals surface area contributed by atoms with E-state index in [1.807, 2.05) is 46.8 Å². The number of hydrogen-bond acceptors (Lipinski definition) is 4. The summed E-state index contributed by atoms with van der Waals surface area (Å²) in [6.45, 7) is 24.7. The Hall–Kier alpha value is -3.02. The van der Waals surface area contributed by atoms with Gasteiger partial charge in [-0.15, -0.1) is 0 Å². The predicted octanol–water partition coefficient (Wildman–Crippen LogP) is 6.69. The van der Waals surface area contributed by atoms with Crippen molar-refractivity contribution in [1.82, 2.24) is 10.2 Å². The molecule has 2 heterocycles. The molecule has 4 amide bonds. The summed E-state index contributed by atoms with van der Waals surface area (Å²) in [5.41, 5.74) is 0.632. The van der Waals surface area contributed by atoms with Crippen molar-refractivity contribution >= 4 is 35.3 Å². The van der Waals surface area contributed by atoms with Crippen molar-refractivity contribution < 1.29 is 19.2 Å². The minimum absolute atomic E-state index is 0.0898. The molecule has 1 aromatic rings. The van der Waals surface area contributed by atoms with Gasteiger partial charge in [0.25, 0.3) is 11.8 Å². The Balaban J connectivity index is 0. The highest BCUT2D eigenvalue weighted by atomic mass is 16.2. The minimum Gasteiger partial charge on any atom is -0.295 e. The molecule has 0 radical (unpaired) electrons. The molecule has 1 saturated heterocycles. The van der Waals surface area contributed by atoms with Gasteiger partial charge in [-0.3, -0.25) is 29.4 Å². The molecule has 6 nitrogen and oxygen atoms in total. The van der Waals surface area contributed by atoms with Crippen LogP contribution in [0.1, 0.15) is 131 Å². The maximum Gasteiger partial charge on any atom is 0.262 e. The zero-order valence-corrected chi connectivity index (χ0v) is 27.0. The summed E-state index contributed by atoms with van der Waals surface area (Å²) >= 11 is 0. The van der Waals surface area contributed by atoms with Gasteiger partial charge in [0.1, 0.15) is 6.04 Å². The van der Waals surface area contributed by atoms with Crippen LogP contribution >= 0.6 is 0 Å². The molecule has 1 N–H and O–H groups in total. The molecule has 0 bridgehead atoms. The first-order chi connectivity index (χ1) is 19.2.